The summed E-state index contributed by atoms with van der Waals surface area (Å²) in [6, 6.07) is 0. The van der Waals surface area contributed by atoms with Crippen molar-refractivity contribution >= 4 is 23.6 Å². The maximum Gasteiger partial charge on any atom is 0.162 e. The van der Waals surface area contributed by atoms with Crippen LogP contribution in [-0.4, -0.2) is 63.3 Å². The number of rotatable bonds is 27. The molecular formula is C83H116O7. The summed E-state index contributed by atoms with van der Waals surface area (Å²) < 4.78 is 16.7. The molecule has 90 heavy (non-hydrogen) atoms. The molecule has 4 aliphatic carbocycles. The fourth-order valence-corrected chi connectivity index (χ4v) is 12.8. The lowest BCUT2D eigenvalue weighted by atomic mass is 9.66. The topological polar surface area (TPSA) is 96.0 Å². The van der Waals surface area contributed by atoms with Gasteiger partial charge in [-0.1, -0.05) is 271 Å². The first-order chi connectivity index (χ1) is 42.1. The molecule has 8 atom stereocenters. The van der Waals surface area contributed by atoms with Crippen LogP contribution in [0, 0.1) is 44.3 Å². The molecule has 0 aromatic carbocycles. The summed E-state index contributed by atoms with van der Waals surface area (Å²) in [6.45, 7) is 40.1. The standard InChI is InChI=1S/C42H60O4.C41H56O3/c1-31(19-15-21-33(3)23-25-37(43)41(9)29-35(45-11)27-39(41,5)6)17-13-14-18-32(2)20-16-22-34(4)24-26-38(44)42(10)30-36(46-12)28-40(42,7)8;1-30(17-13-19-32(3)21-23-38-34(5)25-36(29-42)27-40(38,7)8)15-11-12-16-31(2)18-14-20-33(4)22-24-39(43)41(9)28-37(44-10)26-35(41)6/h13-26,35-36H,27-30H2,1-12H3;11-24,29,35-37H,25-28H2,1-10H3/b14-13+,19-15+,20-16+,25-23+,26-24+,31-17+,32-18+,33-21+,34-22+;12-11+,17-13+,18-14+,23-21+,24-22+,30-15+,31-16+,32-19+,33-20+/t35?,36?,41-,42-;35-,36?,37?,41?/m01/s1. The Bertz CT molecular complexity index is 3010. The van der Waals surface area contributed by atoms with Crippen LogP contribution in [-0.2, 0) is 33.4 Å². The van der Waals surface area contributed by atoms with E-state index in [1.54, 1.807) is 39.6 Å². The Labute approximate surface area is 547 Å². The van der Waals surface area contributed by atoms with Crippen LogP contribution in [0.15, 0.2) is 226 Å². The van der Waals surface area contributed by atoms with Crippen LogP contribution in [0.2, 0.25) is 0 Å². The van der Waals surface area contributed by atoms with Gasteiger partial charge in [0.25, 0.3) is 0 Å². The smallest absolute Gasteiger partial charge is 0.162 e. The van der Waals surface area contributed by atoms with E-state index >= 15 is 0 Å². The zero-order valence-electron chi connectivity index (χ0n) is 59.6. The highest BCUT2D eigenvalue weighted by Gasteiger charge is 2.54. The predicted octanol–water partition coefficient (Wildman–Crippen LogP) is 20.9. The van der Waals surface area contributed by atoms with Gasteiger partial charge in [-0.2, -0.15) is 0 Å². The highest BCUT2D eigenvalue weighted by atomic mass is 16.5. The van der Waals surface area contributed by atoms with Crippen LogP contribution in [0.25, 0.3) is 0 Å². The molecule has 3 saturated carbocycles. The van der Waals surface area contributed by atoms with Crippen LogP contribution in [0.4, 0.5) is 0 Å². The number of carbonyl (C=O) groups excluding carboxylic acids is 4. The van der Waals surface area contributed by atoms with Gasteiger partial charge in [-0.15, -0.1) is 0 Å². The molecule has 0 radical (unpaired) electrons. The number of ketones is 3. The molecule has 4 rings (SSSR count). The Morgan fingerprint density at radius 3 is 1.03 bits per heavy atom. The maximum absolute atomic E-state index is 13.1. The molecule has 0 N–H and O–H groups in total. The zero-order chi connectivity index (χ0) is 67.7. The summed E-state index contributed by atoms with van der Waals surface area (Å²) in [7, 11) is 5.20. The average molecular weight is 1230 g/mol. The van der Waals surface area contributed by atoms with Crippen molar-refractivity contribution < 1.29 is 33.4 Å². The van der Waals surface area contributed by atoms with Crippen LogP contribution < -0.4 is 0 Å². The average Bonchev–Trinajstić information content (AvgIpc) is 1.61. The van der Waals surface area contributed by atoms with E-state index in [9.17, 15) is 19.2 Å². The van der Waals surface area contributed by atoms with Crippen LogP contribution in [0.1, 0.15) is 183 Å². The minimum Gasteiger partial charge on any atom is -0.381 e. The molecular weight excluding hydrogens is 1110 g/mol. The van der Waals surface area contributed by atoms with Crippen molar-refractivity contribution in [2.24, 2.45) is 44.3 Å². The van der Waals surface area contributed by atoms with E-state index in [0.29, 0.717) is 5.92 Å². The largest absolute Gasteiger partial charge is 0.381 e. The van der Waals surface area contributed by atoms with E-state index in [2.05, 4.69) is 190 Å². The van der Waals surface area contributed by atoms with Crippen molar-refractivity contribution in [2.45, 2.75) is 201 Å². The lowest BCUT2D eigenvalue weighted by molar-refractivity contribution is -0.128. The molecule has 0 aliphatic heterocycles. The molecule has 4 aliphatic rings. The zero-order valence-corrected chi connectivity index (χ0v) is 59.6. The minimum absolute atomic E-state index is 0.0188. The summed E-state index contributed by atoms with van der Waals surface area (Å²) in [5.41, 5.74) is 10.2. The Balaban J connectivity index is 0.000000471. The molecule has 7 heteroatoms. The second-order valence-corrected chi connectivity index (χ2v) is 28.9. The first-order valence-corrected chi connectivity index (χ1v) is 32.7. The number of hydrogen-bond acceptors (Lipinski definition) is 7. The maximum atomic E-state index is 13.1. The molecule has 0 heterocycles. The number of hydrogen-bond donors (Lipinski definition) is 0. The van der Waals surface area contributed by atoms with Crippen molar-refractivity contribution in [3.05, 3.63) is 226 Å². The van der Waals surface area contributed by atoms with Gasteiger partial charge in [0.2, 0.25) is 0 Å². The number of allylic oxidation sites excluding steroid dienone is 38. The van der Waals surface area contributed by atoms with Gasteiger partial charge in [-0.25, -0.2) is 0 Å². The van der Waals surface area contributed by atoms with Crippen molar-refractivity contribution in [2.75, 3.05) is 21.3 Å². The fourth-order valence-electron chi connectivity index (χ4n) is 12.8. The summed E-state index contributed by atoms with van der Waals surface area (Å²) >= 11 is 0. The second kappa shape index (κ2) is 36.0. The summed E-state index contributed by atoms with van der Waals surface area (Å²) in [4.78, 5) is 50.4. The SMILES string of the molecule is COC1CC(C)(C)[C@](C)(C(=O)/C=C/C(C)=C/C=C/C(C)=C/C=C/C=C(C)/C=C/C=C(C)/C=C/C(=O)[C@]2(C)CC(OC)CC2(C)C)C1.COC1C[C@@H](C)C(C)(C(=O)/C=C/C(C)=C/C=C/C(C)=C/C=C/C=C(C)/C=C/C=C(C)/C=C/C2=C(C)CC(C=O)CC2(C)C)C1. The lowest BCUT2D eigenvalue weighted by Crippen LogP contribution is -2.36. The van der Waals surface area contributed by atoms with E-state index < -0.39 is 10.8 Å². The molecule has 0 amide bonds. The summed E-state index contributed by atoms with van der Waals surface area (Å²) in [5.74, 6) is 0.981. The second-order valence-electron chi connectivity index (χ2n) is 28.9. The van der Waals surface area contributed by atoms with Gasteiger partial charge in [-0.05, 0) is 160 Å². The molecule has 3 fully saturated rings. The van der Waals surface area contributed by atoms with E-state index in [4.69, 9.17) is 14.2 Å². The monoisotopic (exact) mass is 1220 g/mol. The van der Waals surface area contributed by atoms with Gasteiger partial charge in [0.05, 0.1) is 18.3 Å². The summed E-state index contributed by atoms with van der Waals surface area (Å²) in [5, 5.41) is 0. The molecule has 0 bridgehead atoms. The third-order valence-electron chi connectivity index (χ3n) is 20.0. The van der Waals surface area contributed by atoms with Gasteiger partial charge in [-0.3, -0.25) is 14.4 Å². The molecule has 0 aromatic rings. The van der Waals surface area contributed by atoms with Crippen molar-refractivity contribution in [3.63, 3.8) is 0 Å². The molecule has 0 spiro atoms. The Hall–Kier alpha value is -6.38. The van der Waals surface area contributed by atoms with E-state index in [0.717, 1.165) is 91.1 Å². The number of aldehydes is 1. The van der Waals surface area contributed by atoms with E-state index in [-0.39, 0.29) is 63.2 Å². The van der Waals surface area contributed by atoms with Gasteiger partial charge < -0.3 is 19.0 Å². The third-order valence-corrected chi connectivity index (χ3v) is 20.0. The van der Waals surface area contributed by atoms with Crippen LogP contribution >= 0.6 is 0 Å². The number of ether oxygens (including phenoxy) is 3. The highest BCUT2D eigenvalue weighted by Crippen LogP contribution is 2.55. The molecule has 0 saturated heterocycles. The van der Waals surface area contributed by atoms with Gasteiger partial charge in [0.15, 0.2) is 17.3 Å². The van der Waals surface area contributed by atoms with Gasteiger partial charge in [0.1, 0.15) is 6.29 Å². The van der Waals surface area contributed by atoms with Crippen molar-refractivity contribution in [1.82, 2.24) is 0 Å². The minimum atomic E-state index is -0.413. The van der Waals surface area contributed by atoms with Gasteiger partial charge in [0, 0.05) is 43.5 Å². The van der Waals surface area contributed by atoms with Crippen molar-refractivity contribution in [1.29, 1.82) is 0 Å². The Morgan fingerprint density at radius 2 is 0.722 bits per heavy atom. The van der Waals surface area contributed by atoms with Crippen molar-refractivity contribution in [3.8, 4) is 0 Å². The summed E-state index contributed by atoms with van der Waals surface area (Å²) in [6.07, 6.45) is 64.8. The lowest BCUT2D eigenvalue weighted by Gasteiger charge is -2.36. The molecule has 7 nitrogen and oxygen atoms in total. The number of carbonyl (C=O) groups is 4. The highest BCUT2D eigenvalue weighted by molar-refractivity contribution is 5.97. The number of methoxy groups -OCH3 is 3. The molecule has 5 unspecified atom stereocenters. The first-order valence-electron chi connectivity index (χ1n) is 32.7. The molecule has 0 aromatic heterocycles. The van der Waals surface area contributed by atoms with Crippen LogP contribution in [0.3, 0.4) is 0 Å². The molecule has 490 valence electrons. The fraction of sp³-hybridized carbons (Fsp3) is 0.494. The Morgan fingerprint density at radius 1 is 0.400 bits per heavy atom. The quantitative estimate of drug-likeness (QED) is 0.0459. The normalized spacial score (nSPS) is 28.6. The first kappa shape index (κ1) is 77.9. The van der Waals surface area contributed by atoms with E-state index in [1.807, 2.05) is 93.7 Å². The Kier molecular flexibility index (Phi) is 31.2. The third kappa shape index (κ3) is 23.7. The van der Waals surface area contributed by atoms with Gasteiger partial charge >= 0.3 is 0 Å². The van der Waals surface area contributed by atoms with E-state index in [1.165, 1.54) is 22.3 Å². The van der Waals surface area contributed by atoms with Crippen LogP contribution in [0.5, 0.6) is 0 Å². The predicted molar refractivity (Wildman–Crippen MR) is 383 cm³/mol.